The van der Waals surface area contributed by atoms with E-state index in [9.17, 15) is 4.79 Å². The van der Waals surface area contributed by atoms with Gasteiger partial charge >= 0.3 is 0 Å². The van der Waals surface area contributed by atoms with Gasteiger partial charge in [0.2, 0.25) is 11.6 Å². The van der Waals surface area contributed by atoms with Gasteiger partial charge < -0.3 is 19.1 Å². The summed E-state index contributed by atoms with van der Waals surface area (Å²) in [6.45, 7) is 24.1. The van der Waals surface area contributed by atoms with Gasteiger partial charge in [-0.05, 0) is 56.2 Å². The number of fused-ring (bicyclic) bond motifs is 3. The summed E-state index contributed by atoms with van der Waals surface area (Å²) in [7, 11) is -2.64. The number of benzene rings is 1. The lowest BCUT2D eigenvalue weighted by molar-refractivity contribution is -0.787. The SMILES string of the molecule is CCN(C(=O)[C@H](C)N1CCOCC1)c1cc2c(nc(-c3[nH][n+](COCC[Si](C)(C)C)c4c3C[C@@H]3C[C@]3(C)C4)n2COCC[Si](C)(C)C)c(F)c1F. The van der Waals surface area contributed by atoms with Crippen molar-refractivity contribution >= 4 is 38.8 Å². The van der Waals surface area contributed by atoms with Crippen LogP contribution in [0.4, 0.5) is 14.5 Å². The number of carbonyl (C=O) groups excluding carboxylic acids is 1. The number of morpholine rings is 1. The monoisotopic (exact) mass is 745 g/mol. The standard InChI is InChI=1S/C37H58F2N6O4Si2/c1-10-43(36(46)25(2)42-11-13-47-14-12-42)28-20-29-34(32(39)31(28)38)40-35(44(29)23-48-15-17-50(4,5)6)33-27-19-26-21-37(26,3)22-30(27)45(41-33)24-49-16-18-51(7,8)9/h20,25-26H,10-19,21-24H2,1-9H3/p+1/t25-,26+,37+/m0/s1. The molecule has 0 radical (unpaired) electrons. The number of aromatic nitrogens is 4. The average Bonchev–Trinajstić information content (AvgIpc) is 3.43. The molecule has 1 aliphatic heterocycles. The minimum absolute atomic E-state index is 0.0712. The summed E-state index contributed by atoms with van der Waals surface area (Å²) >= 11 is 0. The van der Waals surface area contributed by atoms with Crippen LogP contribution in [0.3, 0.4) is 0 Å². The maximum Gasteiger partial charge on any atom is 0.276 e. The second kappa shape index (κ2) is 14.7. The number of anilines is 1. The van der Waals surface area contributed by atoms with E-state index in [-0.39, 0.29) is 35.8 Å². The Morgan fingerprint density at radius 2 is 1.78 bits per heavy atom. The Hall–Kier alpha value is -2.50. The molecule has 14 heteroatoms. The molecule has 3 heterocycles. The Morgan fingerprint density at radius 3 is 2.43 bits per heavy atom. The first-order valence-corrected chi connectivity index (χ1v) is 26.2. The van der Waals surface area contributed by atoms with Crippen LogP contribution in [0.25, 0.3) is 22.6 Å². The molecule has 2 aromatic heterocycles. The molecule has 3 aliphatic rings. The third-order valence-corrected chi connectivity index (χ3v) is 14.6. The van der Waals surface area contributed by atoms with Gasteiger partial charge in [-0.3, -0.25) is 14.3 Å². The summed E-state index contributed by atoms with van der Waals surface area (Å²) in [5, 5.41) is 3.61. The third kappa shape index (κ3) is 8.20. The van der Waals surface area contributed by atoms with Crippen LogP contribution >= 0.6 is 0 Å². The molecule has 6 rings (SSSR count). The first-order valence-electron chi connectivity index (χ1n) is 18.8. The molecule has 1 N–H and O–H groups in total. The molecule has 1 saturated carbocycles. The molecule has 1 aromatic carbocycles. The molecular formula is C37H59F2N6O4Si2+. The molecule has 0 spiro atoms. The van der Waals surface area contributed by atoms with E-state index in [0.717, 1.165) is 36.2 Å². The van der Waals surface area contributed by atoms with Crippen molar-refractivity contribution in [3.63, 3.8) is 0 Å². The van der Waals surface area contributed by atoms with E-state index in [1.165, 1.54) is 17.0 Å². The van der Waals surface area contributed by atoms with Crippen LogP contribution in [-0.2, 0) is 45.3 Å². The summed E-state index contributed by atoms with van der Waals surface area (Å²) < 4.78 is 54.4. The van der Waals surface area contributed by atoms with Crippen LogP contribution in [0, 0.1) is 23.0 Å². The van der Waals surface area contributed by atoms with Crippen LogP contribution in [-0.4, -0.2) is 93.7 Å². The van der Waals surface area contributed by atoms with Crippen molar-refractivity contribution in [2.75, 3.05) is 51.0 Å². The highest BCUT2D eigenvalue weighted by molar-refractivity contribution is 6.76. The Labute approximate surface area is 303 Å². The number of halogens is 2. The van der Waals surface area contributed by atoms with E-state index in [4.69, 9.17) is 19.2 Å². The van der Waals surface area contributed by atoms with Crippen LogP contribution in [0.15, 0.2) is 6.07 Å². The second-order valence-corrected chi connectivity index (χ2v) is 28.9. The van der Waals surface area contributed by atoms with Gasteiger partial charge in [0.15, 0.2) is 17.5 Å². The molecule has 0 unspecified atom stereocenters. The number of amides is 1. The van der Waals surface area contributed by atoms with Crippen LogP contribution in [0.2, 0.25) is 51.4 Å². The van der Waals surface area contributed by atoms with Gasteiger partial charge in [-0.25, -0.2) is 13.8 Å². The summed E-state index contributed by atoms with van der Waals surface area (Å²) in [5.41, 5.74) is 3.65. The van der Waals surface area contributed by atoms with E-state index in [1.807, 2.05) is 16.4 Å². The Morgan fingerprint density at radius 1 is 1.12 bits per heavy atom. The summed E-state index contributed by atoms with van der Waals surface area (Å²) in [6.07, 6.45) is 2.98. The number of nitrogens with one attached hydrogen (secondary N) is 1. The van der Waals surface area contributed by atoms with Gasteiger partial charge in [0.25, 0.3) is 6.73 Å². The number of hydrogen-bond donors (Lipinski definition) is 1. The van der Waals surface area contributed by atoms with Gasteiger partial charge in [0.1, 0.15) is 17.9 Å². The number of nitrogens with zero attached hydrogens (tertiary/aromatic N) is 5. The molecule has 2 aliphatic carbocycles. The lowest BCUT2D eigenvalue weighted by Crippen LogP contribution is -2.51. The van der Waals surface area contributed by atoms with E-state index in [1.54, 1.807) is 13.0 Å². The molecule has 1 amide bonds. The highest BCUT2D eigenvalue weighted by atomic mass is 28.3. The zero-order valence-electron chi connectivity index (χ0n) is 32.3. The smallest absolute Gasteiger partial charge is 0.276 e. The zero-order chi connectivity index (χ0) is 36.9. The first-order chi connectivity index (χ1) is 24.0. The van der Waals surface area contributed by atoms with Crippen molar-refractivity contribution in [3.8, 4) is 11.5 Å². The number of rotatable bonds is 15. The zero-order valence-corrected chi connectivity index (χ0v) is 34.3. The van der Waals surface area contributed by atoms with Crippen LogP contribution in [0.1, 0.15) is 38.4 Å². The number of H-pyrrole nitrogens is 1. The Bertz CT molecular complexity index is 1750. The van der Waals surface area contributed by atoms with Crippen molar-refractivity contribution in [1.82, 2.24) is 19.5 Å². The number of carbonyl (C=O) groups is 1. The Kier molecular flexibility index (Phi) is 11.0. The van der Waals surface area contributed by atoms with Gasteiger partial charge in [-0.1, -0.05) is 50.9 Å². The summed E-state index contributed by atoms with van der Waals surface area (Å²) in [6, 6.07) is 3.11. The van der Waals surface area contributed by atoms with E-state index in [2.05, 4.69) is 56.0 Å². The van der Waals surface area contributed by atoms with Gasteiger partial charge in [0.05, 0.1) is 42.6 Å². The lowest BCUT2D eigenvalue weighted by Gasteiger charge is -2.34. The largest absolute Gasteiger partial charge is 0.379 e. The summed E-state index contributed by atoms with van der Waals surface area (Å²) in [5.74, 6) is -1.34. The number of likely N-dealkylation sites (N-methyl/N-ethyl adjacent to an activating group) is 1. The first kappa shape index (κ1) is 38.2. The number of imidazole rings is 1. The van der Waals surface area contributed by atoms with Crippen LogP contribution in [0.5, 0.6) is 0 Å². The predicted octanol–water partition coefficient (Wildman–Crippen LogP) is 6.42. The third-order valence-electron chi connectivity index (χ3n) is 11.2. The molecule has 1 saturated heterocycles. The fourth-order valence-corrected chi connectivity index (χ4v) is 9.04. The fraction of sp³-hybridized carbons (Fsp3) is 0.703. The second-order valence-electron chi connectivity index (χ2n) is 17.6. The van der Waals surface area contributed by atoms with E-state index in [0.29, 0.717) is 63.5 Å². The summed E-state index contributed by atoms with van der Waals surface area (Å²) in [4.78, 5) is 22.1. The predicted molar refractivity (Wildman–Crippen MR) is 201 cm³/mol. The van der Waals surface area contributed by atoms with Gasteiger partial charge in [-0.2, -0.15) is 5.10 Å². The number of aromatic amines is 1. The van der Waals surface area contributed by atoms with E-state index >= 15 is 8.78 Å². The highest BCUT2D eigenvalue weighted by Crippen LogP contribution is 2.59. The molecular weight excluding hydrogens is 687 g/mol. The maximum atomic E-state index is 16.3. The van der Waals surface area contributed by atoms with Crippen molar-refractivity contribution in [2.45, 2.75) is 111 Å². The molecule has 282 valence electrons. The number of hydrogen-bond acceptors (Lipinski definition) is 6. The molecule has 51 heavy (non-hydrogen) atoms. The minimum Gasteiger partial charge on any atom is -0.379 e. The molecule has 2 fully saturated rings. The molecule has 0 bridgehead atoms. The lowest BCUT2D eigenvalue weighted by atomic mass is 9.87. The topological polar surface area (TPSA) is 88.7 Å². The molecule has 3 aromatic rings. The van der Waals surface area contributed by atoms with E-state index < -0.39 is 33.8 Å². The highest BCUT2D eigenvalue weighted by Gasteiger charge is 2.56. The maximum absolute atomic E-state index is 16.3. The quantitative estimate of drug-likeness (QED) is 0.110. The van der Waals surface area contributed by atoms with Crippen molar-refractivity contribution in [1.29, 1.82) is 0 Å². The normalized spacial score (nSPS) is 21.5. The van der Waals surface area contributed by atoms with Gasteiger partial charge in [-0.15, -0.1) is 0 Å². The van der Waals surface area contributed by atoms with Gasteiger partial charge in [0, 0.05) is 48.8 Å². The van der Waals surface area contributed by atoms with Crippen molar-refractivity contribution in [3.05, 3.63) is 29.0 Å². The Balaban J connectivity index is 1.42. The average molecular weight is 746 g/mol. The molecule has 3 atom stereocenters. The fourth-order valence-electron chi connectivity index (χ4n) is 7.52. The minimum atomic E-state index is -1.38. The molecule has 10 nitrogen and oxygen atoms in total. The van der Waals surface area contributed by atoms with Crippen molar-refractivity contribution < 1.29 is 32.5 Å². The number of ether oxygens (including phenoxy) is 3. The van der Waals surface area contributed by atoms with Crippen molar-refractivity contribution in [2.24, 2.45) is 11.3 Å². The van der Waals surface area contributed by atoms with Crippen LogP contribution < -0.4 is 9.58 Å².